The lowest BCUT2D eigenvalue weighted by atomic mass is 10.1. The minimum absolute atomic E-state index is 0.0769. The highest BCUT2D eigenvalue weighted by molar-refractivity contribution is 5.82. The number of methoxy groups -OCH3 is 1. The van der Waals surface area contributed by atoms with Gasteiger partial charge in [0.1, 0.15) is 12.4 Å². The Morgan fingerprint density at radius 3 is 2.76 bits per heavy atom. The van der Waals surface area contributed by atoms with E-state index in [4.69, 9.17) is 9.47 Å². The van der Waals surface area contributed by atoms with Crippen molar-refractivity contribution in [3.63, 3.8) is 0 Å². The third-order valence-corrected chi connectivity index (χ3v) is 3.37. The lowest BCUT2D eigenvalue weighted by Gasteiger charge is -2.11. The summed E-state index contributed by atoms with van der Waals surface area (Å²) < 4.78 is 10.4. The molecule has 0 aromatic heterocycles. The molecule has 6 heteroatoms. The van der Waals surface area contributed by atoms with Crippen molar-refractivity contribution >= 4 is 5.91 Å². The van der Waals surface area contributed by atoms with E-state index in [-0.39, 0.29) is 11.9 Å². The fourth-order valence-corrected chi connectivity index (χ4v) is 2.18. The first kappa shape index (κ1) is 15.8. The third kappa shape index (κ3) is 5.00. The molecule has 0 unspecified atom stereocenters. The number of aliphatic hydroxyl groups excluding tert-OH is 1. The minimum atomic E-state index is -0.427. The molecule has 2 atom stereocenters. The van der Waals surface area contributed by atoms with Crippen LogP contribution in [-0.2, 0) is 16.1 Å². The normalized spacial score (nSPS) is 21.2. The van der Waals surface area contributed by atoms with E-state index in [1.165, 1.54) is 0 Å². The summed E-state index contributed by atoms with van der Waals surface area (Å²) in [6.07, 6.45) is 0.0438. The zero-order chi connectivity index (χ0) is 15.1. The van der Waals surface area contributed by atoms with Crippen LogP contribution in [-0.4, -0.2) is 50.0 Å². The van der Waals surface area contributed by atoms with Gasteiger partial charge in [-0.25, -0.2) is 0 Å². The van der Waals surface area contributed by atoms with Crippen LogP contribution < -0.4 is 15.4 Å². The first-order valence-corrected chi connectivity index (χ1v) is 7.09. The first-order chi connectivity index (χ1) is 10.2. The Hall–Kier alpha value is -1.63. The molecule has 1 aliphatic heterocycles. The number of carbonyl (C=O) groups excluding carboxylic acids is 1. The predicted octanol–water partition coefficient (Wildman–Crippen LogP) is 0.0508. The van der Waals surface area contributed by atoms with Crippen LogP contribution in [0, 0.1) is 0 Å². The van der Waals surface area contributed by atoms with Gasteiger partial charge in [-0.15, -0.1) is 0 Å². The summed E-state index contributed by atoms with van der Waals surface area (Å²) in [5.74, 6) is 0.703. The van der Waals surface area contributed by atoms with Crippen LogP contribution in [0.3, 0.4) is 0 Å². The number of rotatable bonds is 7. The zero-order valence-electron chi connectivity index (χ0n) is 12.2. The number of hydrogen-bond donors (Lipinski definition) is 3. The maximum absolute atomic E-state index is 11.9. The number of benzene rings is 1. The second kappa shape index (κ2) is 7.97. The van der Waals surface area contributed by atoms with Crippen molar-refractivity contribution in [1.82, 2.24) is 10.6 Å². The van der Waals surface area contributed by atoms with E-state index in [1.807, 2.05) is 24.3 Å². The Bertz CT molecular complexity index is 449. The number of aliphatic hydroxyl groups is 1. The SMILES string of the molecule is COCCOc1ccc(CNC(=O)[C@@H]2C[C@H](O)CN2)cc1. The average Bonchev–Trinajstić information content (AvgIpc) is 2.93. The fraction of sp³-hybridized carbons (Fsp3) is 0.533. The molecular weight excluding hydrogens is 272 g/mol. The van der Waals surface area contributed by atoms with Crippen molar-refractivity contribution in [2.75, 3.05) is 26.9 Å². The molecule has 116 valence electrons. The summed E-state index contributed by atoms with van der Waals surface area (Å²) in [7, 11) is 1.63. The van der Waals surface area contributed by atoms with Gasteiger partial charge in [0.15, 0.2) is 0 Å². The molecule has 2 rings (SSSR count). The van der Waals surface area contributed by atoms with E-state index < -0.39 is 6.10 Å². The Kier molecular flexibility index (Phi) is 5.98. The molecule has 6 nitrogen and oxygen atoms in total. The summed E-state index contributed by atoms with van der Waals surface area (Å²) >= 11 is 0. The number of amides is 1. The van der Waals surface area contributed by atoms with Gasteiger partial charge >= 0.3 is 0 Å². The van der Waals surface area contributed by atoms with Crippen LogP contribution in [0.2, 0.25) is 0 Å². The molecule has 1 saturated heterocycles. The molecule has 1 heterocycles. The summed E-state index contributed by atoms with van der Waals surface area (Å²) in [5, 5.41) is 15.2. The summed E-state index contributed by atoms with van der Waals surface area (Å²) in [6.45, 7) is 2.01. The van der Waals surface area contributed by atoms with Gasteiger partial charge in [0.05, 0.1) is 18.8 Å². The minimum Gasteiger partial charge on any atom is -0.491 e. The van der Waals surface area contributed by atoms with Crippen molar-refractivity contribution in [2.24, 2.45) is 0 Å². The van der Waals surface area contributed by atoms with Gasteiger partial charge in [-0.05, 0) is 24.1 Å². The van der Waals surface area contributed by atoms with Gasteiger partial charge < -0.3 is 25.2 Å². The Balaban J connectivity index is 1.74. The van der Waals surface area contributed by atoms with Crippen molar-refractivity contribution in [2.45, 2.75) is 25.1 Å². The van der Waals surface area contributed by atoms with Crippen molar-refractivity contribution < 1.29 is 19.4 Å². The third-order valence-electron chi connectivity index (χ3n) is 3.37. The number of carbonyl (C=O) groups is 1. The van der Waals surface area contributed by atoms with Crippen LogP contribution in [0.4, 0.5) is 0 Å². The van der Waals surface area contributed by atoms with Gasteiger partial charge in [-0.3, -0.25) is 4.79 Å². The molecule has 1 aromatic rings. The van der Waals surface area contributed by atoms with Crippen molar-refractivity contribution in [1.29, 1.82) is 0 Å². The average molecular weight is 294 g/mol. The molecule has 1 amide bonds. The van der Waals surface area contributed by atoms with Gasteiger partial charge in [0.25, 0.3) is 0 Å². The molecule has 0 saturated carbocycles. The van der Waals surface area contributed by atoms with Crippen LogP contribution in [0.1, 0.15) is 12.0 Å². The summed E-state index contributed by atoms with van der Waals surface area (Å²) in [6, 6.07) is 7.28. The predicted molar refractivity (Wildman–Crippen MR) is 78.1 cm³/mol. The van der Waals surface area contributed by atoms with Crippen LogP contribution in [0.25, 0.3) is 0 Å². The highest BCUT2D eigenvalue weighted by Crippen LogP contribution is 2.12. The van der Waals surface area contributed by atoms with E-state index >= 15 is 0 Å². The van der Waals surface area contributed by atoms with E-state index in [0.717, 1.165) is 11.3 Å². The highest BCUT2D eigenvalue weighted by atomic mass is 16.5. The Morgan fingerprint density at radius 1 is 1.38 bits per heavy atom. The van der Waals surface area contributed by atoms with E-state index in [9.17, 15) is 9.90 Å². The largest absolute Gasteiger partial charge is 0.491 e. The Morgan fingerprint density at radius 2 is 2.14 bits per heavy atom. The van der Waals surface area contributed by atoms with E-state index in [0.29, 0.717) is 32.7 Å². The molecule has 0 aliphatic carbocycles. The molecule has 1 fully saturated rings. The smallest absolute Gasteiger partial charge is 0.237 e. The first-order valence-electron chi connectivity index (χ1n) is 7.09. The van der Waals surface area contributed by atoms with Gasteiger partial charge in [0.2, 0.25) is 5.91 Å². The standard InChI is InChI=1S/C15H22N2O4/c1-20-6-7-21-13-4-2-11(3-5-13)9-17-15(19)14-8-12(18)10-16-14/h2-5,12,14,16,18H,6-10H2,1H3,(H,17,19)/t12-,14-/m0/s1. The quantitative estimate of drug-likeness (QED) is 0.619. The number of hydrogen-bond acceptors (Lipinski definition) is 5. The molecule has 0 radical (unpaired) electrons. The molecule has 0 bridgehead atoms. The molecule has 1 aromatic carbocycles. The van der Waals surface area contributed by atoms with Crippen LogP contribution in [0.15, 0.2) is 24.3 Å². The summed E-state index contributed by atoms with van der Waals surface area (Å²) in [4.78, 5) is 11.9. The maximum atomic E-state index is 11.9. The molecule has 0 spiro atoms. The number of β-amino-alcohol motifs (C(OH)–C–C–N with tert-alkyl or cyclic N) is 1. The monoisotopic (exact) mass is 294 g/mol. The highest BCUT2D eigenvalue weighted by Gasteiger charge is 2.27. The van der Waals surface area contributed by atoms with Crippen molar-refractivity contribution in [3.8, 4) is 5.75 Å². The topological polar surface area (TPSA) is 79.8 Å². The Labute approximate surface area is 124 Å². The second-order valence-electron chi connectivity index (χ2n) is 5.05. The maximum Gasteiger partial charge on any atom is 0.237 e. The van der Waals surface area contributed by atoms with Crippen molar-refractivity contribution in [3.05, 3.63) is 29.8 Å². The molecule has 3 N–H and O–H groups in total. The van der Waals surface area contributed by atoms with Gasteiger partial charge in [0, 0.05) is 20.2 Å². The van der Waals surface area contributed by atoms with Gasteiger partial charge in [-0.1, -0.05) is 12.1 Å². The zero-order valence-corrected chi connectivity index (χ0v) is 12.2. The molecule has 1 aliphatic rings. The molecular formula is C15H22N2O4. The lowest BCUT2D eigenvalue weighted by molar-refractivity contribution is -0.123. The second-order valence-corrected chi connectivity index (χ2v) is 5.05. The number of ether oxygens (including phenoxy) is 2. The van der Waals surface area contributed by atoms with Gasteiger partial charge in [-0.2, -0.15) is 0 Å². The van der Waals surface area contributed by atoms with Crippen LogP contribution in [0.5, 0.6) is 5.75 Å². The van der Waals surface area contributed by atoms with E-state index in [2.05, 4.69) is 10.6 Å². The lowest BCUT2D eigenvalue weighted by Crippen LogP contribution is -2.39. The van der Waals surface area contributed by atoms with Crippen LogP contribution >= 0.6 is 0 Å². The van der Waals surface area contributed by atoms with E-state index in [1.54, 1.807) is 7.11 Å². The molecule has 21 heavy (non-hydrogen) atoms. The fourth-order valence-electron chi connectivity index (χ4n) is 2.18. The summed E-state index contributed by atoms with van der Waals surface area (Å²) in [5.41, 5.74) is 1.00. The number of nitrogens with one attached hydrogen (secondary N) is 2.